The molecule has 276 valence electrons. The van der Waals surface area contributed by atoms with Crippen molar-refractivity contribution in [2.75, 3.05) is 0 Å². The lowest BCUT2D eigenvalue weighted by Crippen LogP contribution is -2.32. The van der Waals surface area contributed by atoms with Crippen molar-refractivity contribution in [1.29, 1.82) is 0 Å². The lowest BCUT2D eigenvalue weighted by atomic mass is 9.82. The third kappa shape index (κ3) is 16.8. The van der Waals surface area contributed by atoms with Crippen LogP contribution in [-0.2, 0) is 14.9 Å². The van der Waals surface area contributed by atoms with Gasteiger partial charge in [-0.3, -0.25) is 0 Å². The molecule has 2 aromatic rings. The number of benzene rings is 2. The minimum absolute atomic E-state index is 0. The number of nitrogens with one attached hydrogen (secondary N) is 1. The van der Waals surface area contributed by atoms with Crippen molar-refractivity contribution in [2.45, 2.75) is 153 Å². The molecule has 5 nitrogen and oxygen atoms in total. The van der Waals surface area contributed by atoms with E-state index in [2.05, 4.69) is 108 Å². The number of rotatable bonds is 6. The van der Waals surface area contributed by atoms with E-state index in [-0.39, 0.29) is 32.2 Å². The molecule has 2 fully saturated rings. The zero-order chi connectivity index (χ0) is 35.1. The van der Waals surface area contributed by atoms with E-state index >= 15 is 0 Å². The maximum atomic E-state index is 11.1. The summed E-state index contributed by atoms with van der Waals surface area (Å²) in [6, 6.07) is 16.7. The predicted molar refractivity (Wildman–Crippen MR) is 214 cm³/mol. The van der Waals surface area contributed by atoms with Gasteiger partial charge in [0.1, 0.15) is 11.8 Å². The van der Waals surface area contributed by atoms with Gasteiger partial charge < -0.3 is 4.84 Å². The first-order chi connectivity index (χ1) is 21.5. The maximum Gasteiger partial charge on any atom is 0.214 e. The first-order valence-corrected chi connectivity index (χ1v) is 19.0. The molecule has 0 heterocycles. The van der Waals surface area contributed by atoms with Crippen LogP contribution in [-0.4, -0.2) is 31.5 Å². The second-order valence-corrected chi connectivity index (χ2v) is 16.9. The fourth-order valence-corrected chi connectivity index (χ4v) is 6.46. The van der Waals surface area contributed by atoms with E-state index in [0.29, 0.717) is 5.41 Å². The largest absolute Gasteiger partial charge is 0.393 e. The van der Waals surface area contributed by atoms with E-state index in [0.717, 1.165) is 47.4 Å². The van der Waals surface area contributed by atoms with Crippen LogP contribution in [0.3, 0.4) is 0 Å². The molecule has 48 heavy (non-hydrogen) atoms. The summed E-state index contributed by atoms with van der Waals surface area (Å²) in [5.74, 6) is 2.79. The first-order valence-electron chi connectivity index (χ1n) is 17.5. The lowest BCUT2D eigenvalue weighted by molar-refractivity contribution is 0.0863. The molecule has 6 heteroatoms. The summed E-state index contributed by atoms with van der Waals surface area (Å²) in [4.78, 5) is 5.43. The van der Waals surface area contributed by atoms with E-state index in [1.165, 1.54) is 43.2 Å². The van der Waals surface area contributed by atoms with Gasteiger partial charge in [-0.2, -0.15) is 0 Å². The number of hydrogen-bond donors (Lipinski definition) is 1. The molecule has 2 saturated carbocycles. The van der Waals surface area contributed by atoms with E-state index in [4.69, 9.17) is 4.84 Å². The van der Waals surface area contributed by atoms with Crippen molar-refractivity contribution in [3.8, 4) is 11.1 Å². The van der Waals surface area contributed by atoms with E-state index in [9.17, 15) is 8.42 Å². The standard InChI is InChI=1S/C16H15NO.C9H18.C7H16.C6H13NO2S.C2H4.2CH4/c1-11(2)18-17-16-14-9-5-3-7-12(14)13-8-4-6-10-15(13)16;1-8(2)9-6-4-3-5-7-9;1-6(2)7(3,4)5;1-5(2)7-10(8,9)6-3-4-6;1-2;;/h3-11H,1-2H3;8-9H,3-7H2,1-2H3;6H,1-5H3;5-7H,3-4H2,1-2H3;1-2H2;2*1H4. The van der Waals surface area contributed by atoms with Crippen molar-refractivity contribution < 1.29 is 13.3 Å². The van der Waals surface area contributed by atoms with Crippen LogP contribution in [0.5, 0.6) is 0 Å². The van der Waals surface area contributed by atoms with E-state index in [1.807, 2.05) is 39.8 Å². The number of sulfonamides is 1. The Balaban J connectivity index is 0. The molecule has 3 aliphatic rings. The highest BCUT2D eigenvalue weighted by Gasteiger charge is 2.35. The Morgan fingerprint density at radius 3 is 1.42 bits per heavy atom. The molecule has 0 radical (unpaired) electrons. The second kappa shape index (κ2) is 23.1. The zero-order valence-electron chi connectivity index (χ0n) is 31.0. The third-order valence-corrected chi connectivity index (χ3v) is 10.8. The van der Waals surface area contributed by atoms with Crippen LogP contribution in [0, 0.1) is 23.2 Å². The molecule has 5 rings (SSSR count). The number of fused-ring (bicyclic) bond motifs is 3. The van der Waals surface area contributed by atoms with Gasteiger partial charge in [0.05, 0.1) is 5.25 Å². The Kier molecular flexibility index (Phi) is 22.9. The Morgan fingerprint density at radius 2 is 1.12 bits per heavy atom. The maximum absolute atomic E-state index is 11.1. The summed E-state index contributed by atoms with van der Waals surface area (Å²) in [6.45, 7) is 29.6. The molecule has 0 aliphatic heterocycles. The summed E-state index contributed by atoms with van der Waals surface area (Å²) >= 11 is 0. The van der Waals surface area contributed by atoms with Gasteiger partial charge in [0, 0.05) is 17.2 Å². The van der Waals surface area contributed by atoms with Crippen LogP contribution in [0.25, 0.3) is 11.1 Å². The average molecular weight is 687 g/mol. The Labute approximate surface area is 298 Å². The van der Waals surface area contributed by atoms with Gasteiger partial charge in [-0.1, -0.05) is 149 Å². The predicted octanol–water partition coefficient (Wildman–Crippen LogP) is 12.3. The van der Waals surface area contributed by atoms with Crippen molar-refractivity contribution in [3.05, 3.63) is 72.8 Å². The van der Waals surface area contributed by atoms with Gasteiger partial charge in [-0.15, -0.1) is 13.2 Å². The Hall–Kier alpha value is -2.44. The van der Waals surface area contributed by atoms with Crippen molar-refractivity contribution >= 4 is 15.7 Å². The molecule has 1 N–H and O–H groups in total. The molecule has 2 aromatic carbocycles. The number of hydrogen-bond acceptors (Lipinski definition) is 4. The minimum Gasteiger partial charge on any atom is -0.393 e. The van der Waals surface area contributed by atoms with Crippen LogP contribution in [0.2, 0.25) is 0 Å². The molecule has 0 bridgehead atoms. The van der Waals surface area contributed by atoms with Crippen LogP contribution in [0.1, 0.15) is 147 Å². The van der Waals surface area contributed by atoms with Crippen molar-refractivity contribution in [2.24, 2.45) is 28.3 Å². The summed E-state index contributed by atoms with van der Waals surface area (Å²) < 4.78 is 24.7. The van der Waals surface area contributed by atoms with Gasteiger partial charge >= 0.3 is 0 Å². The van der Waals surface area contributed by atoms with Gasteiger partial charge in [-0.05, 0) is 74.8 Å². The lowest BCUT2D eigenvalue weighted by Gasteiger charge is -2.24. The smallest absolute Gasteiger partial charge is 0.214 e. The van der Waals surface area contributed by atoms with Gasteiger partial charge in [0.25, 0.3) is 0 Å². The third-order valence-electron chi connectivity index (χ3n) is 8.70. The molecule has 0 atom stereocenters. The normalized spacial score (nSPS) is 15.0. The molecule has 0 aromatic heterocycles. The summed E-state index contributed by atoms with van der Waals surface area (Å²) in [5.41, 5.74) is 6.21. The molecule has 3 aliphatic carbocycles. The molecule has 0 amide bonds. The Morgan fingerprint density at radius 1 is 0.729 bits per heavy atom. The SMILES string of the molecule is C.C.C=C.CC(C)C(C)(C)C.CC(C)C1CCCCC1.CC(C)NS(=O)(=O)C1CC1.CC(C)ON=C1c2ccccc2-c2ccccc21. The van der Waals surface area contributed by atoms with Gasteiger partial charge in [0.2, 0.25) is 10.0 Å². The van der Waals surface area contributed by atoms with Crippen molar-refractivity contribution in [3.63, 3.8) is 0 Å². The number of oxime groups is 1. The molecular formula is C42H74N2O3S. The summed E-state index contributed by atoms with van der Waals surface area (Å²) in [7, 11) is -2.94. The molecule has 0 unspecified atom stereocenters. The van der Waals surface area contributed by atoms with Crippen LogP contribution in [0.4, 0.5) is 0 Å². The van der Waals surface area contributed by atoms with Crippen LogP contribution >= 0.6 is 0 Å². The number of nitrogens with zero attached hydrogens (tertiary/aromatic N) is 1. The average Bonchev–Trinajstić information content (AvgIpc) is 3.82. The quantitative estimate of drug-likeness (QED) is 0.207. The van der Waals surface area contributed by atoms with E-state index in [1.54, 1.807) is 0 Å². The van der Waals surface area contributed by atoms with Gasteiger partial charge in [0.15, 0.2) is 0 Å². The fourth-order valence-electron chi connectivity index (χ4n) is 4.85. The summed E-state index contributed by atoms with van der Waals surface area (Å²) in [6.07, 6.45) is 9.23. The highest BCUT2D eigenvalue weighted by Crippen LogP contribution is 2.36. The van der Waals surface area contributed by atoms with Crippen LogP contribution in [0.15, 0.2) is 66.8 Å². The molecule has 0 saturated heterocycles. The van der Waals surface area contributed by atoms with Crippen molar-refractivity contribution in [1.82, 2.24) is 4.72 Å². The van der Waals surface area contributed by atoms with Gasteiger partial charge in [-0.25, -0.2) is 13.1 Å². The zero-order valence-corrected chi connectivity index (χ0v) is 31.8. The summed E-state index contributed by atoms with van der Waals surface area (Å²) in [5, 5.41) is 4.23. The first kappa shape index (κ1) is 47.7. The second-order valence-electron chi connectivity index (χ2n) is 14.9. The molecule has 0 spiro atoms. The van der Waals surface area contributed by atoms with Crippen LogP contribution < -0.4 is 4.72 Å². The minimum atomic E-state index is -2.94. The monoisotopic (exact) mass is 687 g/mol. The Bertz CT molecular complexity index is 1230. The topological polar surface area (TPSA) is 67.8 Å². The fraction of sp³-hybridized carbons (Fsp3) is 0.643. The highest BCUT2D eigenvalue weighted by atomic mass is 32.2. The highest BCUT2D eigenvalue weighted by molar-refractivity contribution is 7.90. The molecular weight excluding hydrogens is 613 g/mol. The van der Waals surface area contributed by atoms with E-state index < -0.39 is 10.0 Å².